The third-order valence-corrected chi connectivity index (χ3v) is 5.05. The molecule has 7 heteroatoms. The lowest BCUT2D eigenvalue weighted by Gasteiger charge is -2.18. The van der Waals surface area contributed by atoms with E-state index in [1.54, 1.807) is 19.3 Å². The largest absolute Gasteiger partial charge is 0.442 e. The van der Waals surface area contributed by atoms with E-state index >= 15 is 0 Å². The number of carbonyl (C=O) groups excluding carboxylic acids is 1. The van der Waals surface area contributed by atoms with Gasteiger partial charge in [0.2, 0.25) is 5.88 Å². The molecule has 0 spiro atoms. The van der Waals surface area contributed by atoms with Crippen molar-refractivity contribution in [1.29, 1.82) is 0 Å². The number of rotatable bonds is 4. The second kappa shape index (κ2) is 6.61. The molecule has 0 saturated carbocycles. The van der Waals surface area contributed by atoms with Crippen LogP contribution in [0, 0.1) is 6.92 Å². The van der Waals surface area contributed by atoms with Crippen LogP contribution in [0.15, 0.2) is 38.7 Å². The van der Waals surface area contributed by atoms with Gasteiger partial charge in [0, 0.05) is 18.1 Å². The summed E-state index contributed by atoms with van der Waals surface area (Å²) in [4.78, 5) is 24.0. The topological polar surface area (TPSA) is 70.2 Å². The number of amides is 1. The van der Waals surface area contributed by atoms with Gasteiger partial charge < -0.3 is 14.6 Å². The summed E-state index contributed by atoms with van der Waals surface area (Å²) in [7, 11) is 0. The molecule has 3 heterocycles. The van der Waals surface area contributed by atoms with Crippen molar-refractivity contribution in [3.8, 4) is 0 Å². The Morgan fingerprint density at radius 3 is 3.00 bits per heavy atom. The molecule has 26 heavy (non-hydrogen) atoms. The van der Waals surface area contributed by atoms with Crippen LogP contribution in [0.3, 0.4) is 0 Å². The molecule has 6 nitrogen and oxygen atoms in total. The number of aliphatic imine (C=N–C) groups is 2. The monoisotopic (exact) mass is 370 g/mol. The lowest BCUT2D eigenvalue weighted by Crippen LogP contribution is -2.32. The second-order valence-electron chi connectivity index (χ2n) is 6.40. The first-order chi connectivity index (χ1) is 12.6. The minimum absolute atomic E-state index is 0.205. The third-order valence-electron chi connectivity index (χ3n) is 4.68. The molecule has 1 atom stereocenters. The van der Waals surface area contributed by atoms with Gasteiger partial charge >= 0.3 is 0 Å². The van der Waals surface area contributed by atoms with E-state index in [1.165, 1.54) is 0 Å². The minimum Gasteiger partial charge on any atom is -0.442 e. The minimum atomic E-state index is -0.216. The highest BCUT2D eigenvalue weighted by molar-refractivity contribution is 6.31. The Labute approximate surface area is 156 Å². The normalized spacial score (nSPS) is 17.7. The van der Waals surface area contributed by atoms with Crippen molar-refractivity contribution in [3.63, 3.8) is 0 Å². The SMILES string of the molecule is CC[C@@H]1CN2C=Nc3oc(C)c(C(=O)NCc4ccccc4Cl)c3C2=N1. The highest BCUT2D eigenvalue weighted by Crippen LogP contribution is 2.35. The van der Waals surface area contributed by atoms with E-state index in [9.17, 15) is 4.79 Å². The highest BCUT2D eigenvalue weighted by atomic mass is 35.5. The van der Waals surface area contributed by atoms with E-state index in [4.69, 9.17) is 21.0 Å². The van der Waals surface area contributed by atoms with E-state index < -0.39 is 0 Å². The summed E-state index contributed by atoms with van der Waals surface area (Å²) in [5.74, 6) is 1.53. The summed E-state index contributed by atoms with van der Waals surface area (Å²) in [6.07, 6.45) is 2.67. The molecule has 1 aromatic carbocycles. The molecule has 0 aliphatic carbocycles. The van der Waals surface area contributed by atoms with E-state index in [-0.39, 0.29) is 11.9 Å². The Morgan fingerprint density at radius 2 is 2.23 bits per heavy atom. The first-order valence-corrected chi connectivity index (χ1v) is 9.00. The summed E-state index contributed by atoms with van der Waals surface area (Å²) >= 11 is 6.17. The van der Waals surface area contributed by atoms with E-state index in [1.807, 2.05) is 23.1 Å². The zero-order chi connectivity index (χ0) is 18.3. The van der Waals surface area contributed by atoms with Crippen molar-refractivity contribution in [2.75, 3.05) is 6.54 Å². The van der Waals surface area contributed by atoms with Crippen LogP contribution in [0.4, 0.5) is 5.88 Å². The Bertz CT molecular complexity index is 932. The predicted octanol–water partition coefficient (Wildman–Crippen LogP) is 3.69. The molecular formula is C19H19ClN4O2. The number of nitrogens with one attached hydrogen (secondary N) is 1. The number of nitrogens with zero attached hydrogens (tertiary/aromatic N) is 3. The Morgan fingerprint density at radius 1 is 1.42 bits per heavy atom. The number of hydrogen-bond acceptors (Lipinski definition) is 5. The zero-order valence-corrected chi connectivity index (χ0v) is 15.4. The van der Waals surface area contributed by atoms with Crippen LogP contribution in [0.1, 0.15) is 40.6 Å². The Balaban J connectivity index is 1.64. The average molecular weight is 371 g/mol. The number of carbonyl (C=O) groups is 1. The molecule has 0 saturated heterocycles. The number of amidine groups is 1. The lowest BCUT2D eigenvalue weighted by molar-refractivity contribution is 0.0949. The van der Waals surface area contributed by atoms with Crippen LogP contribution in [0.5, 0.6) is 0 Å². The van der Waals surface area contributed by atoms with E-state index in [2.05, 4.69) is 17.2 Å². The first kappa shape index (κ1) is 16.8. The van der Waals surface area contributed by atoms with Gasteiger partial charge in [-0.2, -0.15) is 0 Å². The number of benzene rings is 1. The van der Waals surface area contributed by atoms with E-state index in [0.29, 0.717) is 34.3 Å². The standard InChI is InChI=1S/C19H19ClN4O2/c1-3-13-9-24-10-22-19-16(17(24)23-13)15(11(2)26-19)18(25)21-8-12-6-4-5-7-14(12)20/h4-7,10,13H,3,8-9H2,1-2H3,(H,21,25)/t13-/m1/s1. The van der Waals surface area contributed by atoms with Crippen LogP contribution >= 0.6 is 11.6 Å². The molecule has 0 fully saturated rings. The third kappa shape index (κ3) is 2.80. The van der Waals surface area contributed by atoms with Crippen molar-refractivity contribution in [1.82, 2.24) is 10.2 Å². The van der Waals surface area contributed by atoms with Crippen LogP contribution in [0.2, 0.25) is 5.02 Å². The fourth-order valence-corrected chi connectivity index (χ4v) is 3.46. The number of furan rings is 1. The van der Waals surface area contributed by atoms with Crippen LogP contribution in [0.25, 0.3) is 0 Å². The number of hydrogen-bond donors (Lipinski definition) is 1. The maximum absolute atomic E-state index is 12.9. The Kier molecular flexibility index (Phi) is 4.28. The van der Waals surface area contributed by atoms with Gasteiger partial charge in [-0.05, 0) is 25.0 Å². The highest BCUT2D eigenvalue weighted by Gasteiger charge is 2.35. The lowest BCUT2D eigenvalue weighted by atomic mass is 10.1. The maximum Gasteiger partial charge on any atom is 0.255 e. The van der Waals surface area contributed by atoms with Crippen molar-refractivity contribution in [2.45, 2.75) is 32.9 Å². The Hall–Kier alpha value is -2.60. The van der Waals surface area contributed by atoms with Crippen molar-refractivity contribution in [2.24, 2.45) is 9.98 Å². The molecule has 0 unspecified atom stereocenters. The summed E-state index contributed by atoms with van der Waals surface area (Å²) < 4.78 is 5.72. The summed E-state index contributed by atoms with van der Waals surface area (Å²) in [6.45, 7) is 4.99. The smallest absolute Gasteiger partial charge is 0.255 e. The molecule has 2 aliphatic heterocycles. The molecule has 2 aromatic rings. The maximum atomic E-state index is 12.9. The zero-order valence-electron chi connectivity index (χ0n) is 14.6. The van der Waals surface area contributed by atoms with Gasteiger partial charge in [-0.15, -0.1) is 0 Å². The quantitative estimate of drug-likeness (QED) is 0.892. The number of halogens is 1. The van der Waals surface area contributed by atoms with Gasteiger partial charge in [-0.1, -0.05) is 36.7 Å². The molecule has 1 aromatic heterocycles. The molecule has 1 amide bonds. The van der Waals surface area contributed by atoms with Gasteiger partial charge in [0.1, 0.15) is 17.9 Å². The van der Waals surface area contributed by atoms with Crippen LogP contribution in [-0.2, 0) is 6.54 Å². The fourth-order valence-electron chi connectivity index (χ4n) is 3.26. The fraction of sp³-hybridized carbons (Fsp3) is 0.316. The first-order valence-electron chi connectivity index (χ1n) is 8.62. The van der Waals surface area contributed by atoms with Gasteiger partial charge in [0.25, 0.3) is 5.91 Å². The number of fused-ring (bicyclic) bond motifs is 3. The van der Waals surface area contributed by atoms with Crippen LogP contribution in [-0.4, -0.2) is 35.6 Å². The van der Waals surface area contributed by atoms with Crippen LogP contribution < -0.4 is 5.32 Å². The predicted molar refractivity (Wildman–Crippen MR) is 102 cm³/mol. The molecule has 0 bridgehead atoms. The van der Waals surface area contributed by atoms with Gasteiger partial charge in [0.05, 0.1) is 17.2 Å². The summed E-state index contributed by atoms with van der Waals surface area (Å²) in [6, 6.07) is 7.65. The number of aryl methyl sites for hydroxylation is 1. The van der Waals surface area contributed by atoms with Gasteiger partial charge in [0.15, 0.2) is 0 Å². The van der Waals surface area contributed by atoms with E-state index in [0.717, 1.165) is 24.4 Å². The molecule has 0 radical (unpaired) electrons. The van der Waals surface area contributed by atoms with Crippen molar-refractivity contribution < 1.29 is 9.21 Å². The summed E-state index contributed by atoms with van der Waals surface area (Å²) in [5.41, 5.74) is 2.03. The molecular weight excluding hydrogens is 352 g/mol. The summed E-state index contributed by atoms with van der Waals surface area (Å²) in [5, 5.41) is 3.55. The molecule has 2 aliphatic rings. The molecule has 4 rings (SSSR count). The van der Waals surface area contributed by atoms with Gasteiger partial charge in [-0.3, -0.25) is 9.79 Å². The van der Waals surface area contributed by atoms with Crippen molar-refractivity contribution in [3.05, 3.63) is 51.7 Å². The second-order valence-corrected chi connectivity index (χ2v) is 6.81. The average Bonchev–Trinajstić information content (AvgIpc) is 3.20. The molecule has 1 N–H and O–H groups in total. The van der Waals surface area contributed by atoms with Gasteiger partial charge in [-0.25, -0.2) is 4.99 Å². The van der Waals surface area contributed by atoms with Crippen molar-refractivity contribution >= 4 is 35.6 Å². The molecule has 134 valence electrons.